The van der Waals surface area contributed by atoms with Crippen LogP contribution in [0, 0.1) is 5.82 Å². The van der Waals surface area contributed by atoms with Gasteiger partial charge in [-0.15, -0.1) is 0 Å². The van der Waals surface area contributed by atoms with Crippen LogP contribution in [0.2, 0.25) is 5.02 Å². The molecule has 2 aromatic carbocycles. The highest BCUT2D eigenvalue weighted by atomic mass is 35.5. The number of oxime groups is 1. The highest BCUT2D eigenvalue weighted by molar-refractivity contribution is 6.31. The molecule has 1 N–H and O–H groups in total. The first-order valence-corrected chi connectivity index (χ1v) is 6.97. The zero-order valence-electron chi connectivity index (χ0n) is 11.1. The van der Waals surface area contributed by atoms with Crippen LogP contribution in [0.25, 0.3) is 0 Å². The molecule has 0 heterocycles. The van der Waals surface area contributed by atoms with Gasteiger partial charge in [0.1, 0.15) is 18.2 Å². The maximum atomic E-state index is 13.7. The standard InChI is InChI=1S/C16H13ClFNO2/c17-13-4-2-5-14(18)12(13)9-21-16-6-1-3-10-11(16)7-8-15(10)19-20/h1-6,20H,7-9H2. The molecule has 0 atom stereocenters. The molecule has 0 aliphatic heterocycles. The van der Waals surface area contributed by atoms with E-state index in [1.807, 2.05) is 18.2 Å². The Balaban J connectivity index is 1.86. The van der Waals surface area contributed by atoms with Crippen LogP contribution in [0.5, 0.6) is 5.75 Å². The Labute approximate surface area is 126 Å². The molecule has 0 unspecified atom stereocenters. The smallest absolute Gasteiger partial charge is 0.131 e. The second kappa shape index (κ2) is 5.74. The summed E-state index contributed by atoms with van der Waals surface area (Å²) in [5.41, 5.74) is 2.86. The first kappa shape index (κ1) is 13.9. The molecule has 0 amide bonds. The Bertz CT molecular complexity index is 695. The van der Waals surface area contributed by atoms with E-state index in [0.717, 1.165) is 17.5 Å². The van der Waals surface area contributed by atoms with E-state index in [1.54, 1.807) is 12.1 Å². The average molecular weight is 306 g/mol. The molecule has 0 aromatic heterocycles. The molecule has 3 rings (SSSR count). The summed E-state index contributed by atoms with van der Waals surface area (Å²) in [6, 6.07) is 10.1. The number of hydrogen-bond acceptors (Lipinski definition) is 3. The summed E-state index contributed by atoms with van der Waals surface area (Å²) in [5.74, 6) is 0.290. The third kappa shape index (κ3) is 2.59. The van der Waals surface area contributed by atoms with E-state index < -0.39 is 0 Å². The molecule has 5 heteroatoms. The fourth-order valence-corrected chi connectivity index (χ4v) is 2.75. The third-order valence-corrected chi connectivity index (χ3v) is 3.96. The lowest BCUT2D eigenvalue weighted by atomic mass is 10.1. The van der Waals surface area contributed by atoms with E-state index in [4.69, 9.17) is 21.5 Å². The Morgan fingerprint density at radius 3 is 2.76 bits per heavy atom. The van der Waals surface area contributed by atoms with E-state index in [2.05, 4.69) is 5.16 Å². The van der Waals surface area contributed by atoms with Crippen LogP contribution >= 0.6 is 11.6 Å². The van der Waals surface area contributed by atoms with Gasteiger partial charge in [-0.2, -0.15) is 0 Å². The van der Waals surface area contributed by atoms with Crippen molar-refractivity contribution in [1.29, 1.82) is 0 Å². The SMILES string of the molecule is ON=C1CCc2c(OCc3c(F)cccc3Cl)cccc21. The van der Waals surface area contributed by atoms with Gasteiger partial charge in [-0.05, 0) is 31.0 Å². The summed E-state index contributed by atoms with van der Waals surface area (Å²) in [5, 5.41) is 12.6. The minimum absolute atomic E-state index is 0.0631. The van der Waals surface area contributed by atoms with E-state index in [9.17, 15) is 4.39 Å². The second-order valence-electron chi connectivity index (χ2n) is 4.82. The van der Waals surface area contributed by atoms with Gasteiger partial charge in [0, 0.05) is 16.7 Å². The maximum absolute atomic E-state index is 13.7. The van der Waals surface area contributed by atoms with E-state index in [1.165, 1.54) is 6.07 Å². The van der Waals surface area contributed by atoms with Gasteiger partial charge >= 0.3 is 0 Å². The largest absolute Gasteiger partial charge is 0.488 e. The van der Waals surface area contributed by atoms with Gasteiger partial charge in [0.25, 0.3) is 0 Å². The summed E-state index contributed by atoms with van der Waals surface area (Å²) < 4.78 is 19.5. The Hall–Kier alpha value is -2.07. The van der Waals surface area contributed by atoms with Gasteiger partial charge in [-0.3, -0.25) is 0 Å². The average Bonchev–Trinajstić information content (AvgIpc) is 2.90. The van der Waals surface area contributed by atoms with Gasteiger partial charge < -0.3 is 9.94 Å². The first-order valence-electron chi connectivity index (χ1n) is 6.59. The Morgan fingerprint density at radius 1 is 1.19 bits per heavy atom. The summed E-state index contributed by atoms with van der Waals surface area (Å²) in [4.78, 5) is 0. The monoisotopic (exact) mass is 305 g/mol. The fourth-order valence-electron chi connectivity index (χ4n) is 2.53. The van der Waals surface area contributed by atoms with Crippen molar-refractivity contribution in [3.63, 3.8) is 0 Å². The molecule has 108 valence electrons. The van der Waals surface area contributed by atoms with Crippen LogP contribution in [-0.2, 0) is 13.0 Å². The molecule has 3 nitrogen and oxygen atoms in total. The van der Waals surface area contributed by atoms with Crippen LogP contribution in [0.15, 0.2) is 41.6 Å². The number of benzene rings is 2. The highest BCUT2D eigenvalue weighted by Gasteiger charge is 2.22. The van der Waals surface area contributed by atoms with Crippen molar-refractivity contribution in [2.75, 3.05) is 0 Å². The van der Waals surface area contributed by atoms with Crippen LogP contribution in [0.1, 0.15) is 23.1 Å². The van der Waals surface area contributed by atoms with Crippen molar-refractivity contribution >= 4 is 17.3 Å². The summed E-state index contributed by atoms with van der Waals surface area (Å²) >= 11 is 5.99. The van der Waals surface area contributed by atoms with Crippen molar-refractivity contribution in [3.05, 3.63) is 63.9 Å². The number of nitrogens with zero attached hydrogens (tertiary/aromatic N) is 1. The van der Waals surface area contributed by atoms with E-state index in [-0.39, 0.29) is 12.4 Å². The minimum atomic E-state index is -0.382. The van der Waals surface area contributed by atoms with Crippen LogP contribution in [0.3, 0.4) is 0 Å². The predicted octanol–water partition coefficient (Wildman–Crippen LogP) is 4.18. The maximum Gasteiger partial charge on any atom is 0.131 e. The molecule has 21 heavy (non-hydrogen) atoms. The number of rotatable bonds is 3. The normalized spacial score (nSPS) is 15.2. The van der Waals surface area contributed by atoms with Gasteiger partial charge in [-0.25, -0.2) is 4.39 Å². The van der Waals surface area contributed by atoms with E-state index >= 15 is 0 Å². The number of ether oxygens (including phenoxy) is 1. The molecule has 1 aliphatic rings. The number of hydrogen-bond donors (Lipinski definition) is 1. The lowest BCUT2D eigenvalue weighted by Gasteiger charge is -2.12. The van der Waals surface area contributed by atoms with Gasteiger partial charge in [0.2, 0.25) is 0 Å². The summed E-state index contributed by atoms with van der Waals surface area (Å²) in [7, 11) is 0. The first-order chi connectivity index (χ1) is 10.2. The van der Waals surface area contributed by atoms with Crippen molar-refractivity contribution in [3.8, 4) is 5.75 Å². The van der Waals surface area contributed by atoms with Crippen molar-refractivity contribution in [2.24, 2.45) is 5.16 Å². The number of fused-ring (bicyclic) bond motifs is 1. The van der Waals surface area contributed by atoms with Crippen LogP contribution in [0.4, 0.5) is 4.39 Å². The second-order valence-corrected chi connectivity index (χ2v) is 5.23. The molecule has 2 aromatic rings. The minimum Gasteiger partial charge on any atom is -0.488 e. The van der Waals surface area contributed by atoms with Gasteiger partial charge in [0.15, 0.2) is 0 Å². The molecule has 0 saturated carbocycles. The van der Waals surface area contributed by atoms with Crippen LogP contribution in [-0.4, -0.2) is 10.9 Å². The molecular formula is C16H13ClFNO2. The molecular weight excluding hydrogens is 293 g/mol. The molecule has 1 aliphatic carbocycles. The Kier molecular flexibility index (Phi) is 3.80. The van der Waals surface area contributed by atoms with Gasteiger partial charge in [0.05, 0.1) is 10.7 Å². The third-order valence-electron chi connectivity index (χ3n) is 3.61. The molecule has 0 bridgehead atoms. The quantitative estimate of drug-likeness (QED) is 0.682. The lowest BCUT2D eigenvalue weighted by molar-refractivity contribution is 0.297. The predicted molar refractivity (Wildman–Crippen MR) is 78.8 cm³/mol. The molecule has 0 spiro atoms. The molecule has 0 fully saturated rings. The fraction of sp³-hybridized carbons (Fsp3) is 0.188. The summed E-state index contributed by atoms with van der Waals surface area (Å²) in [6.07, 6.45) is 1.42. The van der Waals surface area contributed by atoms with Gasteiger partial charge in [-0.1, -0.05) is 35.0 Å². The van der Waals surface area contributed by atoms with Crippen molar-refractivity contribution < 1.29 is 14.3 Å². The lowest BCUT2D eigenvalue weighted by Crippen LogP contribution is -2.02. The topological polar surface area (TPSA) is 41.8 Å². The van der Waals surface area contributed by atoms with E-state index in [0.29, 0.717) is 28.5 Å². The zero-order valence-corrected chi connectivity index (χ0v) is 11.9. The van der Waals surface area contributed by atoms with Crippen molar-refractivity contribution in [2.45, 2.75) is 19.4 Å². The Morgan fingerprint density at radius 2 is 2.00 bits per heavy atom. The highest BCUT2D eigenvalue weighted by Crippen LogP contribution is 2.32. The molecule has 0 saturated heterocycles. The number of halogens is 2. The summed E-state index contributed by atoms with van der Waals surface area (Å²) in [6.45, 7) is 0.0631. The van der Waals surface area contributed by atoms with Crippen molar-refractivity contribution in [1.82, 2.24) is 0 Å². The molecule has 0 radical (unpaired) electrons. The zero-order chi connectivity index (χ0) is 14.8. The van der Waals surface area contributed by atoms with Crippen LogP contribution < -0.4 is 4.74 Å².